The van der Waals surface area contributed by atoms with Crippen molar-refractivity contribution in [2.75, 3.05) is 0 Å². The third kappa shape index (κ3) is 3.25. The molecule has 0 bridgehead atoms. The van der Waals surface area contributed by atoms with Crippen LogP contribution in [0.2, 0.25) is 0 Å². The molecular formula is C15H12Br2O2. The summed E-state index contributed by atoms with van der Waals surface area (Å²) in [5.41, 5.74) is 2.19. The van der Waals surface area contributed by atoms with E-state index in [-0.39, 0.29) is 9.65 Å². The van der Waals surface area contributed by atoms with Crippen LogP contribution in [0.15, 0.2) is 54.6 Å². The molecule has 19 heavy (non-hydrogen) atoms. The molecule has 0 unspecified atom stereocenters. The van der Waals surface area contributed by atoms with Gasteiger partial charge < -0.3 is 5.11 Å². The molecule has 2 rings (SSSR count). The van der Waals surface area contributed by atoms with Crippen LogP contribution in [-0.2, 0) is 0 Å². The van der Waals surface area contributed by atoms with Gasteiger partial charge in [0, 0.05) is 0 Å². The van der Waals surface area contributed by atoms with Crippen LogP contribution in [0, 0.1) is 0 Å². The van der Waals surface area contributed by atoms with Crippen LogP contribution >= 0.6 is 31.9 Å². The molecule has 0 spiro atoms. The highest BCUT2D eigenvalue weighted by molar-refractivity contribution is 9.12. The van der Waals surface area contributed by atoms with Gasteiger partial charge in [-0.2, -0.15) is 0 Å². The van der Waals surface area contributed by atoms with E-state index in [4.69, 9.17) is 0 Å². The molecule has 2 aromatic carbocycles. The number of aromatic carboxylic acids is 1. The highest BCUT2D eigenvalue weighted by atomic mass is 79.9. The summed E-state index contributed by atoms with van der Waals surface area (Å²) in [5, 5.41) is 9.23. The first-order chi connectivity index (χ1) is 9.11. The van der Waals surface area contributed by atoms with Gasteiger partial charge in [-0.05, 0) is 17.2 Å². The first-order valence-corrected chi connectivity index (χ1v) is 7.59. The highest BCUT2D eigenvalue weighted by Gasteiger charge is 2.23. The van der Waals surface area contributed by atoms with E-state index in [0.29, 0.717) is 5.56 Å². The van der Waals surface area contributed by atoms with E-state index in [1.54, 1.807) is 12.1 Å². The van der Waals surface area contributed by atoms with Gasteiger partial charge in [-0.25, -0.2) is 4.79 Å². The van der Waals surface area contributed by atoms with Crippen molar-refractivity contribution < 1.29 is 9.90 Å². The van der Waals surface area contributed by atoms with E-state index in [2.05, 4.69) is 31.9 Å². The first kappa shape index (κ1) is 14.3. The number of carboxylic acid groups (broad SMARTS) is 1. The number of halogens is 2. The Morgan fingerprint density at radius 1 is 0.895 bits per heavy atom. The van der Waals surface area contributed by atoms with E-state index in [1.165, 1.54) is 0 Å². The Hall–Kier alpha value is -1.13. The SMILES string of the molecule is O=C(O)c1ccccc1[C@@H](Br)[C@H](Br)c1ccccc1. The van der Waals surface area contributed by atoms with E-state index < -0.39 is 5.97 Å². The summed E-state index contributed by atoms with van der Waals surface area (Å²) in [7, 11) is 0. The van der Waals surface area contributed by atoms with E-state index in [1.807, 2.05) is 42.5 Å². The standard InChI is InChI=1S/C15H12Br2O2/c16-13(10-6-2-1-3-7-10)14(17)11-8-4-5-9-12(11)15(18)19/h1-9,13-14H,(H,18,19)/t13-,14-/m1/s1. The van der Waals surface area contributed by atoms with Crippen molar-refractivity contribution in [3.8, 4) is 0 Å². The molecule has 0 aromatic heterocycles. The monoisotopic (exact) mass is 382 g/mol. The Balaban J connectivity index is 2.34. The molecule has 1 N–H and O–H groups in total. The third-order valence-corrected chi connectivity index (χ3v) is 5.65. The van der Waals surface area contributed by atoms with Gasteiger partial charge in [0.1, 0.15) is 0 Å². The summed E-state index contributed by atoms with van der Waals surface area (Å²) >= 11 is 7.23. The normalized spacial score (nSPS) is 13.8. The summed E-state index contributed by atoms with van der Waals surface area (Å²) in [6.07, 6.45) is 0. The van der Waals surface area contributed by atoms with Crippen molar-refractivity contribution in [1.82, 2.24) is 0 Å². The van der Waals surface area contributed by atoms with Crippen LogP contribution in [0.1, 0.15) is 31.1 Å². The Morgan fingerprint density at radius 3 is 2.11 bits per heavy atom. The molecule has 4 heteroatoms. The van der Waals surface area contributed by atoms with Crippen LogP contribution in [-0.4, -0.2) is 11.1 Å². The summed E-state index contributed by atoms with van der Waals surface area (Å²) in [5.74, 6) is -0.909. The molecule has 0 aliphatic carbocycles. The first-order valence-electron chi connectivity index (χ1n) is 5.76. The Bertz CT molecular complexity index is 569. The van der Waals surface area contributed by atoms with Crippen molar-refractivity contribution in [3.63, 3.8) is 0 Å². The predicted octanol–water partition coefficient (Wildman–Crippen LogP) is 4.96. The van der Waals surface area contributed by atoms with Crippen molar-refractivity contribution in [3.05, 3.63) is 71.3 Å². The minimum absolute atomic E-state index is 0.00852. The average Bonchev–Trinajstić information content (AvgIpc) is 2.46. The fraction of sp³-hybridized carbons (Fsp3) is 0.133. The molecule has 0 fully saturated rings. The maximum absolute atomic E-state index is 11.2. The van der Waals surface area contributed by atoms with Crippen LogP contribution in [0.3, 0.4) is 0 Å². The number of hydrogen-bond acceptors (Lipinski definition) is 1. The number of carboxylic acids is 1. The molecule has 0 amide bonds. The number of hydrogen-bond donors (Lipinski definition) is 1. The van der Waals surface area contributed by atoms with E-state index >= 15 is 0 Å². The Morgan fingerprint density at radius 2 is 1.47 bits per heavy atom. The molecular weight excluding hydrogens is 372 g/mol. The van der Waals surface area contributed by atoms with Crippen LogP contribution in [0.5, 0.6) is 0 Å². The number of rotatable bonds is 4. The second-order valence-electron chi connectivity index (χ2n) is 4.11. The lowest BCUT2D eigenvalue weighted by molar-refractivity contribution is 0.0695. The largest absolute Gasteiger partial charge is 0.478 e. The molecule has 0 heterocycles. The molecule has 0 aliphatic heterocycles. The number of alkyl halides is 2. The predicted molar refractivity (Wildman–Crippen MR) is 83.2 cm³/mol. The lowest BCUT2D eigenvalue weighted by Crippen LogP contribution is -2.07. The smallest absolute Gasteiger partial charge is 0.336 e. The molecule has 0 saturated carbocycles. The fourth-order valence-corrected chi connectivity index (χ4v) is 3.19. The molecule has 2 aromatic rings. The third-order valence-electron chi connectivity index (χ3n) is 2.86. The summed E-state index contributed by atoms with van der Waals surface area (Å²) in [6.45, 7) is 0. The second kappa shape index (κ2) is 6.35. The van der Waals surface area contributed by atoms with Gasteiger partial charge >= 0.3 is 5.97 Å². The van der Waals surface area contributed by atoms with Crippen LogP contribution in [0.4, 0.5) is 0 Å². The summed E-state index contributed by atoms with van der Waals surface area (Å²) in [6, 6.07) is 16.9. The van der Waals surface area contributed by atoms with Crippen molar-refractivity contribution >= 4 is 37.8 Å². The molecule has 2 nitrogen and oxygen atoms in total. The topological polar surface area (TPSA) is 37.3 Å². The van der Waals surface area contributed by atoms with Gasteiger partial charge in [0.25, 0.3) is 0 Å². The van der Waals surface area contributed by atoms with Crippen molar-refractivity contribution in [1.29, 1.82) is 0 Å². The number of carbonyl (C=O) groups is 1. The molecule has 0 saturated heterocycles. The zero-order valence-corrected chi connectivity index (χ0v) is 13.1. The second-order valence-corrected chi connectivity index (χ2v) is 6.08. The Kier molecular flexibility index (Phi) is 4.77. The highest BCUT2D eigenvalue weighted by Crippen LogP contribution is 2.43. The van der Waals surface area contributed by atoms with Crippen LogP contribution in [0.25, 0.3) is 0 Å². The van der Waals surface area contributed by atoms with Gasteiger partial charge in [-0.3, -0.25) is 0 Å². The van der Waals surface area contributed by atoms with Crippen molar-refractivity contribution in [2.45, 2.75) is 9.65 Å². The Labute approximate surface area is 128 Å². The maximum Gasteiger partial charge on any atom is 0.336 e. The minimum atomic E-state index is -0.909. The van der Waals surface area contributed by atoms with Gasteiger partial charge in [0.2, 0.25) is 0 Å². The molecule has 98 valence electrons. The molecule has 0 aliphatic rings. The van der Waals surface area contributed by atoms with E-state index in [9.17, 15) is 9.90 Å². The zero-order valence-electron chi connectivity index (χ0n) is 9.96. The summed E-state index contributed by atoms with van der Waals surface area (Å²) in [4.78, 5) is 11.1. The van der Waals surface area contributed by atoms with Gasteiger partial charge in [0.15, 0.2) is 0 Å². The minimum Gasteiger partial charge on any atom is -0.478 e. The lowest BCUT2D eigenvalue weighted by atomic mass is 9.99. The van der Waals surface area contributed by atoms with Gasteiger partial charge in [0.05, 0.1) is 15.2 Å². The van der Waals surface area contributed by atoms with Crippen molar-refractivity contribution in [2.24, 2.45) is 0 Å². The molecule has 0 radical (unpaired) electrons. The van der Waals surface area contributed by atoms with Crippen LogP contribution < -0.4 is 0 Å². The van der Waals surface area contributed by atoms with Gasteiger partial charge in [-0.1, -0.05) is 80.4 Å². The summed E-state index contributed by atoms with van der Waals surface area (Å²) < 4.78 is 0. The van der Waals surface area contributed by atoms with E-state index in [0.717, 1.165) is 11.1 Å². The molecule has 2 atom stereocenters. The quantitative estimate of drug-likeness (QED) is 0.757. The van der Waals surface area contributed by atoms with Gasteiger partial charge in [-0.15, -0.1) is 0 Å². The fourth-order valence-electron chi connectivity index (χ4n) is 1.90. The number of benzene rings is 2. The average molecular weight is 384 g/mol. The zero-order chi connectivity index (χ0) is 13.8. The maximum atomic E-state index is 11.2. The lowest BCUT2D eigenvalue weighted by Gasteiger charge is -2.19.